The van der Waals surface area contributed by atoms with Crippen molar-refractivity contribution >= 4 is 34.6 Å². The minimum atomic E-state index is -0.323. The lowest BCUT2D eigenvalue weighted by atomic mass is 10.2. The maximum atomic E-state index is 12.6. The number of nitrogens with one attached hydrogen (secondary N) is 1. The lowest BCUT2D eigenvalue weighted by molar-refractivity contribution is -0.137. The number of aryl methyl sites for hydroxylation is 2. The molecule has 2 saturated heterocycles. The summed E-state index contributed by atoms with van der Waals surface area (Å²) < 4.78 is 2.19. The van der Waals surface area contributed by atoms with E-state index in [-0.39, 0.29) is 22.7 Å². The Hall–Kier alpha value is -2.02. The molecule has 2 aromatic rings. The first-order valence-electron chi connectivity index (χ1n) is 9.15. The van der Waals surface area contributed by atoms with Gasteiger partial charge in [-0.25, -0.2) is 4.98 Å². The van der Waals surface area contributed by atoms with Crippen LogP contribution in [0.3, 0.4) is 0 Å². The highest BCUT2D eigenvalue weighted by Crippen LogP contribution is 2.47. The van der Waals surface area contributed by atoms with Crippen LogP contribution in [0.25, 0.3) is 11.0 Å². The van der Waals surface area contributed by atoms with Gasteiger partial charge in [0.05, 0.1) is 15.9 Å². The van der Waals surface area contributed by atoms with Gasteiger partial charge < -0.3 is 14.8 Å². The summed E-state index contributed by atoms with van der Waals surface area (Å²) in [7, 11) is 0. The number of carbonyl (C=O) groups is 2. The Kier molecular flexibility index (Phi) is 4.42. The number of nitrogens with zero attached hydrogens (tertiary/aromatic N) is 3. The molecule has 1 N–H and O–H groups in total. The molecule has 0 bridgehead atoms. The van der Waals surface area contributed by atoms with Gasteiger partial charge in [0.2, 0.25) is 11.8 Å². The third-order valence-corrected chi connectivity index (χ3v) is 6.96. The van der Waals surface area contributed by atoms with Crippen LogP contribution < -0.4 is 5.32 Å². The highest BCUT2D eigenvalue weighted by atomic mass is 32.2. The predicted molar refractivity (Wildman–Crippen MR) is 103 cm³/mol. The molecular weight excluding hydrogens is 348 g/mol. The molecule has 0 radical (unpaired) electrons. The SMILES string of the molecule is Cc1nc2ccccc2n1CCCNC(=O)[C@@H]1CS[C@]2(C)CCC(=O)N12. The fraction of sp³-hybridized carbons (Fsp3) is 0.526. The van der Waals surface area contributed by atoms with Crippen molar-refractivity contribution in [3.05, 3.63) is 30.1 Å². The van der Waals surface area contributed by atoms with Gasteiger partial charge in [-0.05, 0) is 38.8 Å². The molecule has 0 spiro atoms. The van der Waals surface area contributed by atoms with Crippen molar-refractivity contribution in [2.75, 3.05) is 12.3 Å². The van der Waals surface area contributed by atoms with Gasteiger partial charge >= 0.3 is 0 Å². The average Bonchev–Trinajstić information content (AvgIpc) is 3.23. The quantitative estimate of drug-likeness (QED) is 0.818. The molecule has 0 aliphatic carbocycles. The van der Waals surface area contributed by atoms with Crippen LogP contribution >= 0.6 is 11.8 Å². The molecule has 2 atom stereocenters. The summed E-state index contributed by atoms with van der Waals surface area (Å²) in [5.41, 5.74) is 2.13. The third kappa shape index (κ3) is 2.88. The van der Waals surface area contributed by atoms with E-state index in [1.807, 2.05) is 25.1 Å². The Morgan fingerprint density at radius 1 is 1.42 bits per heavy atom. The molecule has 4 rings (SSSR count). The summed E-state index contributed by atoms with van der Waals surface area (Å²) in [6.45, 7) is 5.49. The van der Waals surface area contributed by atoms with Crippen LogP contribution in [0.4, 0.5) is 0 Å². The van der Waals surface area contributed by atoms with Crippen LogP contribution in [0.15, 0.2) is 24.3 Å². The summed E-state index contributed by atoms with van der Waals surface area (Å²) in [6, 6.07) is 7.78. The number of amides is 2. The van der Waals surface area contributed by atoms with E-state index in [0.29, 0.717) is 18.7 Å². The standard InChI is InChI=1S/C19H24N4O2S/c1-13-21-14-6-3-4-7-15(14)22(13)11-5-10-20-18(25)16-12-26-19(2)9-8-17(24)23(16)19/h3-4,6-7,16H,5,8-12H2,1-2H3,(H,20,25)/t16-,19+/m0/s1. The van der Waals surface area contributed by atoms with E-state index in [0.717, 1.165) is 36.2 Å². The average molecular weight is 372 g/mol. The fourth-order valence-electron chi connectivity index (χ4n) is 4.06. The summed E-state index contributed by atoms with van der Waals surface area (Å²) in [6.07, 6.45) is 2.23. The van der Waals surface area contributed by atoms with E-state index >= 15 is 0 Å². The molecular formula is C19H24N4O2S. The second-order valence-corrected chi connectivity index (χ2v) is 8.71. The van der Waals surface area contributed by atoms with E-state index in [2.05, 4.69) is 27.9 Å². The molecule has 6 nitrogen and oxygen atoms in total. The van der Waals surface area contributed by atoms with Crippen LogP contribution in [0.5, 0.6) is 0 Å². The zero-order valence-electron chi connectivity index (χ0n) is 15.2. The number of fused-ring (bicyclic) bond motifs is 2. The number of hydrogen-bond acceptors (Lipinski definition) is 4. The van der Waals surface area contributed by atoms with Gasteiger partial charge in [0, 0.05) is 25.3 Å². The Morgan fingerprint density at radius 3 is 3.08 bits per heavy atom. The van der Waals surface area contributed by atoms with Gasteiger partial charge in [0.15, 0.2) is 0 Å². The molecule has 2 fully saturated rings. The zero-order chi connectivity index (χ0) is 18.3. The van der Waals surface area contributed by atoms with Crippen molar-refractivity contribution in [3.63, 3.8) is 0 Å². The number of benzene rings is 1. The Labute approximate surface area is 157 Å². The fourth-order valence-corrected chi connectivity index (χ4v) is 5.49. The maximum Gasteiger partial charge on any atom is 0.243 e. The first-order valence-corrected chi connectivity index (χ1v) is 10.1. The summed E-state index contributed by atoms with van der Waals surface area (Å²) >= 11 is 1.73. The molecule has 7 heteroatoms. The van der Waals surface area contributed by atoms with Gasteiger partial charge in [-0.3, -0.25) is 9.59 Å². The molecule has 2 amide bonds. The monoisotopic (exact) mass is 372 g/mol. The molecule has 0 unspecified atom stereocenters. The number of carbonyl (C=O) groups excluding carboxylic acids is 2. The molecule has 138 valence electrons. The highest BCUT2D eigenvalue weighted by Gasteiger charge is 2.52. The lowest BCUT2D eigenvalue weighted by Gasteiger charge is -2.29. The van der Waals surface area contributed by atoms with Crippen molar-refractivity contribution < 1.29 is 9.59 Å². The van der Waals surface area contributed by atoms with Crippen LogP contribution in [-0.4, -0.2) is 49.5 Å². The number of aromatic nitrogens is 2. The van der Waals surface area contributed by atoms with Gasteiger partial charge in [0.1, 0.15) is 11.9 Å². The van der Waals surface area contributed by atoms with Gasteiger partial charge in [-0.1, -0.05) is 12.1 Å². The van der Waals surface area contributed by atoms with Gasteiger partial charge in [-0.15, -0.1) is 11.8 Å². The van der Waals surface area contributed by atoms with E-state index in [1.54, 1.807) is 16.7 Å². The zero-order valence-corrected chi connectivity index (χ0v) is 16.0. The summed E-state index contributed by atoms with van der Waals surface area (Å²) in [5.74, 6) is 1.77. The van der Waals surface area contributed by atoms with Crippen LogP contribution in [0, 0.1) is 6.92 Å². The topological polar surface area (TPSA) is 67.2 Å². The molecule has 1 aromatic carbocycles. The maximum absolute atomic E-state index is 12.6. The summed E-state index contributed by atoms with van der Waals surface area (Å²) in [5, 5.41) is 3.03. The van der Waals surface area contributed by atoms with E-state index in [1.165, 1.54) is 0 Å². The summed E-state index contributed by atoms with van der Waals surface area (Å²) in [4.78, 5) is 30.9. The number of hydrogen-bond donors (Lipinski definition) is 1. The van der Waals surface area contributed by atoms with Crippen molar-refractivity contribution in [1.29, 1.82) is 0 Å². The number of para-hydroxylation sites is 2. The number of thioether (sulfide) groups is 1. The molecule has 0 saturated carbocycles. The first-order chi connectivity index (χ1) is 12.5. The minimum absolute atomic E-state index is 0.0244. The van der Waals surface area contributed by atoms with Crippen molar-refractivity contribution in [1.82, 2.24) is 19.8 Å². The van der Waals surface area contributed by atoms with Crippen molar-refractivity contribution in [2.45, 2.75) is 50.6 Å². The Balaban J connectivity index is 1.33. The number of rotatable bonds is 5. The van der Waals surface area contributed by atoms with Crippen LogP contribution in [-0.2, 0) is 16.1 Å². The lowest BCUT2D eigenvalue weighted by Crippen LogP contribution is -2.50. The van der Waals surface area contributed by atoms with E-state index < -0.39 is 0 Å². The van der Waals surface area contributed by atoms with Crippen molar-refractivity contribution in [3.8, 4) is 0 Å². The van der Waals surface area contributed by atoms with Gasteiger partial charge in [-0.2, -0.15) is 0 Å². The Bertz CT molecular complexity index is 864. The molecule has 26 heavy (non-hydrogen) atoms. The van der Waals surface area contributed by atoms with Crippen LogP contribution in [0.2, 0.25) is 0 Å². The second kappa shape index (κ2) is 6.61. The Morgan fingerprint density at radius 2 is 2.23 bits per heavy atom. The first kappa shape index (κ1) is 17.4. The van der Waals surface area contributed by atoms with Crippen molar-refractivity contribution in [2.24, 2.45) is 0 Å². The molecule has 2 aliphatic heterocycles. The van der Waals surface area contributed by atoms with E-state index in [9.17, 15) is 9.59 Å². The van der Waals surface area contributed by atoms with Crippen LogP contribution in [0.1, 0.15) is 32.0 Å². The number of imidazole rings is 1. The molecule has 1 aromatic heterocycles. The van der Waals surface area contributed by atoms with Gasteiger partial charge in [0.25, 0.3) is 0 Å². The third-order valence-electron chi connectivity index (χ3n) is 5.45. The van der Waals surface area contributed by atoms with E-state index in [4.69, 9.17) is 0 Å². The largest absolute Gasteiger partial charge is 0.354 e. The molecule has 2 aliphatic rings. The second-order valence-electron chi connectivity index (χ2n) is 7.21. The predicted octanol–water partition coefficient (Wildman–Crippen LogP) is 2.31. The smallest absolute Gasteiger partial charge is 0.243 e. The molecule has 3 heterocycles. The normalized spacial score (nSPS) is 25.1. The minimum Gasteiger partial charge on any atom is -0.354 e. The highest BCUT2D eigenvalue weighted by molar-refractivity contribution is 8.01.